The molecule has 0 saturated carbocycles. The molecule has 164 valence electrons. The average Bonchev–Trinajstić information content (AvgIpc) is 2.76. The largest absolute Gasteiger partial charge is 0.487 e. The van der Waals surface area contributed by atoms with Crippen molar-refractivity contribution in [1.82, 2.24) is 5.43 Å². The summed E-state index contributed by atoms with van der Waals surface area (Å²) in [6.45, 7) is 2.17. The summed E-state index contributed by atoms with van der Waals surface area (Å²) in [6, 6.07) is 17.3. The quantitative estimate of drug-likeness (QED) is 0.267. The van der Waals surface area contributed by atoms with E-state index in [4.69, 9.17) is 39.5 Å². The highest BCUT2D eigenvalue weighted by Gasteiger charge is 2.13. The summed E-state index contributed by atoms with van der Waals surface area (Å²) in [7, 11) is 0. The van der Waals surface area contributed by atoms with Crippen LogP contribution >= 0.6 is 34.8 Å². The Balaban J connectivity index is 1.52. The van der Waals surface area contributed by atoms with E-state index >= 15 is 0 Å². The van der Waals surface area contributed by atoms with Crippen molar-refractivity contribution in [2.45, 2.75) is 13.5 Å². The Morgan fingerprint density at radius 3 is 2.38 bits per heavy atom. The fraction of sp³-hybridized carbons (Fsp3) is 0.0870. The summed E-state index contributed by atoms with van der Waals surface area (Å²) in [5.74, 6) is -1.29. The molecule has 9 heteroatoms. The number of rotatable bonds is 6. The molecule has 0 fully saturated rings. The monoisotopic (exact) mass is 489 g/mol. The van der Waals surface area contributed by atoms with Gasteiger partial charge in [0, 0.05) is 15.7 Å². The van der Waals surface area contributed by atoms with E-state index in [0.29, 0.717) is 38.7 Å². The highest BCUT2D eigenvalue weighted by Crippen LogP contribution is 2.26. The van der Waals surface area contributed by atoms with Crippen LogP contribution < -0.4 is 15.5 Å². The Kier molecular flexibility index (Phi) is 8.11. The van der Waals surface area contributed by atoms with Crippen molar-refractivity contribution in [3.63, 3.8) is 0 Å². The summed E-state index contributed by atoms with van der Waals surface area (Å²) in [6.07, 6.45) is 1.36. The molecule has 0 atom stereocenters. The first-order valence-corrected chi connectivity index (χ1v) is 10.5. The standard InChI is InChI=1S/C23H18Cl3N3O3/c1-14-2-8-18(11-19(14)25)28-22(30)23(31)29-27-12-16-5-9-21(20(26)10-16)32-13-15-3-6-17(24)7-4-15/h2-12H,13H2,1H3,(H,28,30)(H,29,31)/b27-12-. The molecule has 3 aromatic rings. The number of nitrogens with zero attached hydrogens (tertiary/aromatic N) is 1. The number of hydrogen-bond acceptors (Lipinski definition) is 4. The van der Waals surface area contributed by atoms with E-state index in [1.165, 1.54) is 6.21 Å². The zero-order chi connectivity index (χ0) is 23.1. The molecular formula is C23H18Cl3N3O3. The zero-order valence-corrected chi connectivity index (χ0v) is 19.1. The molecule has 0 unspecified atom stereocenters. The summed E-state index contributed by atoms with van der Waals surface area (Å²) < 4.78 is 5.71. The minimum Gasteiger partial charge on any atom is -0.487 e. The smallest absolute Gasteiger partial charge is 0.329 e. The molecular weight excluding hydrogens is 473 g/mol. The number of anilines is 1. The molecule has 3 aromatic carbocycles. The van der Waals surface area contributed by atoms with Crippen molar-refractivity contribution in [2.75, 3.05) is 5.32 Å². The number of hydrogen-bond donors (Lipinski definition) is 2. The second kappa shape index (κ2) is 11.0. The summed E-state index contributed by atoms with van der Waals surface area (Å²) in [5, 5.41) is 7.75. The Hall–Kier alpha value is -3.06. The highest BCUT2D eigenvalue weighted by molar-refractivity contribution is 6.40. The summed E-state index contributed by atoms with van der Waals surface area (Å²) >= 11 is 18.1. The van der Waals surface area contributed by atoms with Crippen LogP contribution in [0.25, 0.3) is 0 Å². The number of hydrazone groups is 1. The molecule has 0 heterocycles. The van der Waals surface area contributed by atoms with E-state index in [9.17, 15) is 9.59 Å². The first kappa shape index (κ1) is 23.6. The third-order valence-electron chi connectivity index (χ3n) is 4.28. The van der Waals surface area contributed by atoms with Gasteiger partial charge in [-0.2, -0.15) is 5.10 Å². The number of carbonyl (C=O) groups excluding carboxylic acids is 2. The first-order valence-electron chi connectivity index (χ1n) is 9.39. The second-order valence-electron chi connectivity index (χ2n) is 6.72. The molecule has 0 aliphatic rings. The van der Waals surface area contributed by atoms with Gasteiger partial charge in [0.05, 0.1) is 11.2 Å². The fourth-order valence-electron chi connectivity index (χ4n) is 2.53. The van der Waals surface area contributed by atoms with Crippen LogP contribution in [0.1, 0.15) is 16.7 Å². The van der Waals surface area contributed by atoms with Gasteiger partial charge in [-0.15, -0.1) is 0 Å². The van der Waals surface area contributed by atoms with Gasteiger partial charge >= 0.3 is 11.8 Å². The predicted molar refractivity (Wildman–Crippen MR) is 128 cm³/mol. The average molecular weight is 491 g/mol. The minimum absolute atomic E-state index is 0.335. The van der Waals surface area contributed by atoms with Crippen molar-refractivity contribution < 1.29 is 14.3 Å². The normalized spacial score (nSPS) is 10.8. The Morgan fingerprint density at radius 2 is 1.69 bits per heavy atom. The number of ether oxygens (including phenoxy) is 1. The lowest BCUT2D eigenvalue weighted by Gasteiger charge is -2.09. The lowest BCUT2D eigenvalue weighted by molar-refractivity contribution is -0.136. The molecule has 0 aliphatic heterocycles. The topological polar surface area (TPSA) is 79.8 Å². The van der Waals surface area contributed by atoms with Gasteiger partial charge in [-0.3, -0.25) is 9.59 Å². The number of aryl methyl sites for hydroxylation is 1. The van der Waals surface area contributed by atoms with E-state index in [0.717, 1.165) is 11.1 Å². The van der Waals surface area contributed by atoms with E-state index in [1.807, 2.05) is 19.1 Å². The first-order chi connectivity index (χ1) is 15.3. The number of amides is 2. The van der Waals surface area contributed by atoms with Gasteiger partial charge in [-0.25, -0.2) is 5.43 Å². The maximum Gasteiger partial charge on any atom is 0.329 e. The molecule has 2 amide bonds. The van der Waals surface area contributed by atoms with Crippen molar-refractivity contribution in [1.29, 1.82) is 0 Å². The predicted octanol–water partition coefficient (Wildman–Crippen LogP) is 5.62. The van der Waals surface area contributed by atoms with Gasteiger partial charge in [0.1, 0.15) is 12.4 Å². The van der Waals surface area contributed by atoms with Gasteiger partial charge in [0.2, 0.25) is 0 Å². The van der Waals surface area contributed by atoms with Crippen LogP contribution in [0.15, 0.2) is 65.8 Å². The lowest BCUT2D eigenvalue weighted by Crippen LogP contribution is -2.32. The van der Waals surface area contributed by atoms with Gasteiger partial charge in [-0.05, 0) is 66.1 Å². The van der Waals surface area contributed by atoms with E-state index in [1.54, 1.807) is 48.5 Å². The number of carbonyl (C=O) groups is 2. The molecule has 32 heavy (non-hydrogen) atoms. The molecule has 0 bridgehead atoms. The van der Waals surface area contributed by atoms with Gasteiger partial charge in [0.25, 0.3) is 0 Å². The molecule has 0 spiro atoms. The van der Waals surface area contributed by atoms with Crippen LogP contribution in [-0.4, -0.2) is 18.0 Å². The van der Waals surface area contributed by atoms with Crippen LogP contribution in [0.5, 0.6) is 5.75 Å². The molecule has 6 nitrogen and oxygen atoms in total. The van der Waals surface area contributed by atoms with Crippen LogP contribution in [0, 0.1) is 6.92 Å². The molecule has 0 saturated heterocycles. The fourth-order valence-corrected chi connectivity index (χ4v) is 3.08. The molecule has 3 rings (SSSR count). The Morgan fingerprint density at radius 1 is 0.938 bits per heavy atom. The molecule has 0 radical (unpaired) electrons. The third kappa shape index (κ3) is 6.72. The van der Waals surface area contributed by atoms with Crippen molar-refractivity contribution >= 4 is 58.5 Å². The van der Waals surface area contributed by atoms with Crippen LogP contribution in [0.3, 0.4) is 0 Å². The summed E-state index contributed by atoms with van der Waals surface area (Å²) in [5.41, 5.74) is 4.99. The van der Waals surface area contributed by atoms with Gasteiger partial charge in [-0.1, -0.05) is 53.0 Å². The molecule has 2 N–H and O–H groups in total. The van der Waals surface area contributed by atoms with Crippen molar-refractivity contribution in [2.24, 2.45) is 5.10 Å². The van der Waals surface area contributed by atoms with Crippen molar-refractivity contribution in [3.8, 4) is 5.75 Å². The maximum atomic E-state index is 12.0. The number of halogens is 3. The molecule has 0 aliphatic carbocycles. The summed E-state index contributed by atoms with van der Waals surface area (Å²) in [4.78, 5) is 23.9. The molecule has 0 aromatic heterocycles. The Labute approximate surface area is 200 Å². The van der Waals surface area contributed by atoms with Gasteiger partial charge < -0.3 is 10.1 Å². The number of benzene rings is 3. The SMILES string of the molecule is Cc1ccc(NC(=O)C(=O)N/N=C\c2ccc(OCc3ccc(Cl)cc3)c(Cl)c2)cc1Cl. The van der Waals surface area contributed by atoms with E-state index in [-0.39, 0.29) is 0 Å². The Bertz CT molecular complexity index is 1160. The zero-order valence-electron chi connectivity index (χ0n) is 16.9. The van der Waals surface area contributed by atoms with E-state index < -0.39 is 11.8 Å². The highest BCUT2D eigenvalue weighted by atomic mass is 35.5. The van der Waals surface area contributed by atoms with Crippen LogP contribution in [0.2, 0.25) is 15.1 Å². The second-order valence-corrected chi connectivity index (χ2v) is 7.97. The van der Waals surface area contributed by atoms with Gasteiger partial charge in [0.15, 0.2) is 0 Å². The van der Waals surface area contributed by atoms with Crippen molar-refractivity contribution in [3.05, 3.63) is 92.4 Å². The lowest BCUT2D eigenvalue weighted by atomic mass is 10.2. The number of nitrogens with one attached hydrogen (secondary N) is 2. The minimum atomic E-state index is -0.924. The van der Waals surface area contributed by atoms with Crippen LogP contribution in [0.4, 0.5) is 5.69 Å². The van der Waals surface area contributed by atoms with Crippen LogP contribution in [-0.2, 0) is 16.2 Å². The third-order valence-corrected chi connectivity index (χ3v) is 5.23. The van der Waals surface area contributed by atoms with E-state index in [2.05, 4.69) is 15.8 Å². The maximum absolute atomic E-state index is 12.0.